The summed E-state index contributed by atoms with van der Waals surface area (Å²) in [6.07, 6.45) is -4.38. The molecule has 2 aromatic rings. The van der Waals surface area contributed by atoms with Gasteiger partial charge in [-0.1, -0.05) is 12.1 Å². The van der Waals surface area contributed by atoms with Crippen LogP contribution in [0.2, 0.25) is 0 Å². The number of carbonyl (C=O) groups is 1. The lowest BCUT2D eigenvalue weighted by Crippen LogP contribution is -2.04. The van der Waals surface area contributed by atoms with E-state index < -0.39 is 11.7 Å². The molecule has 1 aromatic heterocycles. The van der Waals surface area contributed by atoms with E-state index in [1.165, 1.54) is 19.1 Å². The summed E-state index contributed by atoms with van der Waals surface area (Å²) in [6.45, 7) is 1.31. The first-order valence-electron chi connectivity index (χ1n) is 4.99. The Bertz CT molecular complexity index is 572. The van der Waals surface area contributed by atoms with Crippen LogP contribution >= 0.6 is 0 Å². The summed E-state index contributed by atoms with van der Waals surface area (Å²) in [6, 6.07) is 4.39. The Hall–Kier alpha value is -2.18. The Morgan fingerprint density at radius 2 is 1.78 bits per heavy atom. The Labute approximate surface area is 99.8 Å². The maximum Gasteiger partial charge on any atom is 0.416 e. The number of hydrogen-bond acceptors (Lipinski definition) is 3. The van der Waals surface area contributed by atoms with Gasteiger partial charge in [0.05, 0.1) is 5.56 Å². The summed E-state index contributed by atoms with van der Waals surface area (Å²) in [5.74, 6) is -0.307. The van der Waals surface area contributed by atoms with E-state index in [0.29, 0.717) is 5.56 Å². The van der Waals surface area contributed by atoms with Crippen molar-refractivity contribution in [2.45, 2.75) is 13.1 Å². The van der Waals surface area contributed by atoms with E-state index in [0.717, 1.165) is 12.1 Å². The molecule has 0 aliphatic carbocycles. The molecule has 1 N–H and O–H groups in total. The third-order valence-corrected chi connectivity index (χ3v) is 2.37. The van der Waals surface area contributed by atoms with Gasteiger partial charge in [0.1, 0.15) is 5.69 Å². The summed E-state index contributed by atoms with van der Waals surface area (Å²) < 4.78 is 37.1. The zero-order chi connectivity index (χ0) is 13.3. The fourth-order valence-corrected chi connectivity index (χ4v) is 1.49. The Morgan fingerprint density at radius 3 is 2.28 bits per heavy atom. The smallest absolute Gasteiger partial charge is 0.293 e. The average molecular weight is 255 g/mol. The number of alkyl halides is 3. The zero-order valence-corrected chi connectivity index (χ0v) is 9.25. The second kappa shape index (κ2) is 4.25. The summed E-state index contributed by atoms with van der Waals surface area (Å²) in [5, 5.41) is 9.70. The van der Waals surface area contributed by atoms with Crippen LogP contribution in [0, 0.1) is 0 Å². The number of halogens is 3. The normalized spacial score (nSPS) is 11.6. The topological polar surface area (TPSA) is 58.6 Å². The third kappa shape index (κ3) is 2.24. The predicted molar refractivity (Wildman–Crippen MR) is 56.8 cm³/mol. The molecular weight excluding hydrogens is 247 g/mol. The molecule has 1 aromatic carbocycles. The van der Waals surface area contributed by atoms with Gasteiger partial charge >= 0.3 is 6.18 Å². The average Bonchev–Trinajstić information content (AvgIpc) is 2.77. The molecule has 0 bridgehead atoms. The highest BCUT2D eigenvalue weighted by molar-refractivity contribution is 5.97. The summed E-state index contributed by atoms with van der Waals surface area (Å²) in [4.78, 5) is 11.2. The molecule has 0 aliphatic heterocycles. The number of H-pyrrole nitrogens is 1. The number of nitrogens with one attached hydrogen (secondary N) is 1. The molecule has 0 amide bonds. The van der Waals surface area contributed by atoms with Crippen LogP contribution < -0.4 is 0 Å². The highest BCUT2D eigenvalue weighted by Crippen LogP contribution is 2.30. The second-order valence-electron chi connectivity index (χ2n) is 3.65. The summed E-state index contributed by atoms with van der Waals surface area (Å²) in [5.41, 5.74) is 0.00653. The van der Waals surface area contributed by atoms with Gasteiger partial charge in [-0.3, -0.25) is 4.79 Å². The van der Waals surface area contributed by atoms with E-state index in [1.54, 1.807) is 0 Å². The van der Waals surface area contributed by atoms with Crippen LogP contribution in [0.3, 0.4) is 0 Å². The molecule has 0 saturated heterocycles. The molecule has 0 spiro atoms. The molecule has 0 radical (unpaired) electrons. The van der Waals surface area contributed by atoms with Gasteiger partial charge in [0, 0.05) is 12.5 Å². The fourth-order valence-electron chi connectivity index (χ4n) is 1.49. The Morgan fingerprint density at radius 1 is 1.17 bits per heavy atom. The van der Waals surface area contributed by atoms with Gasteiger partial charge < -0.3 is 0 Å². The van der Waals surface area contributed by atoms with Crippen LogP contribution in [0.5, 0.6) is 0 Å². The van der Waals surface area contributed by atoms with Gasteiger partial charge in [-0.2, -0.15) is 28.6 Å². The van der Waals surface area contributed by atoms with Crippen LogP contribution in [-0.2, 0) is 6.18 Å². The highest BCUT2D eigenvalue weighted by Gasteiger charge is 2.30. The van der Waals surface area contributed by atoms with E-state index in [4.69, 9.17) is 0 Å². The molecule has 18 heavy (non-hydrogen) atoms. The standard InChI is InChI=1S/C11H8F3N3O/c1-6(18)9-10(16-17-15-9)7-2-4-8(5-3-7)11(12,13)14/h2-5H,1H3,(H,15,16,17). The van der Waals surface area contributed by atoms with Crippen molar-refractivity contribution in [1.82, 2.24) is 15.4 Å². The van der Waals surface area contributed by atoms with Crippen LogP contribution in [0.1, 0.15) is 23.0 Å². The van der Waals surface area contributed by atoms with Crippen LogP contribution in [0.25, 0.3) is 11.3 Å². The van der Waals surface area contributed by atoms with Crippen LogP contribution in [-0.4, -0.2) is 21.2 Å². The third-order valence-electron chi connectivity index (χ3n) is 2.37. The molecule has 0 unspecified atom stereocenters. The van der Waals surface area contributed by atoms with Crippen molar-refractivity contribution in [2.24, 2.45) is 0 Å². The molecule has 0 atom stereocenters. The van der Waals surface area contributed by atoms with Crippen LogP contribution in [0.15, 0.2) is 24.3 Å². The van der Waals surface area contributed by atoms with Gasteiger partial charge in [0.2, 0.25) is 0 Å². The molecule has 0 aliphatic rings. The monoisotopic (exact) mass is 255 g/mol. The van der Waals surface area contributed by atoms with Gasteiger partial charge in [0.25, 0.3) is 0 Å². The van der Waals surface area contributed by atoms with Crippen molar-refractivity contribution in [3.8, 4) is 11.3 Å². The molecule has 2 rings (SSSR count). The summed E-state index contributed by atoms with van der Waals surface area (Å²) in [7, 11) is 0. The maximum absolute atomic E-state index is 12.4. The van der Waals surface area contributed by atoms with Crippen molar-refractivity contribution in [3.63, 3.8) is 0 Å². The van der Waals surface area contributed by atoms with Crippen molar-refractivity contribution < 1.29 is 18.0 Å². The number of Topliss-reactive ketones (excluding diaryl/α,β-unsaturated/α-hetero) is 1. The largest absolute Gasteiger partial charge is 0.416 e. The van der Waals surface area contributed by atoms with Gasteiger partial charge in [-0.05, 0) is 12.1 Å². The minimum absolute atomic E-state index is 0.106. The zero-order valence-electron chi connectivity index (χ0n) is 9.25. The van der Waals surface area contributed by atoms with E-state index in [9.17, 15) is 18.0 Å². The number of nitrogens with zero attached hydrogens (tertiary/aromatic N) is 2. The minimum atomic E-state index is -4.38. The number of benzene rings is 1. The van der Waals surface area contributed by atoms with Crippen molar-refractivity contribution in [3.05, 3.63) is 35.5 Å². The first-order valence-corrected chi connectivity index (χ1v) is 4.99. The van der Waals surface area contributed by atoms with E-state index in [2.05, 4.69) is 15.4 Å². The predicted octanol–water partition coefficient (Wildman–Crippen LogP) is 2.69. The molecule has 94 valence electrons. The van der Waals surface area contributed by atoms with E-state index in [1.807, 2.05) is 0 Å². The SMILES string of the molecule is CC(=O)c1n[nH]nc1-c1ccc(C(F)(F)F)cc1. The van der Waals surface area contributed by atoms with E-state index >= 15 is 0 Å². The first-order chi connectivity index (χ1) is 8.39. The number of aromatic nitrogens is 3. The van der Waals surface area contributed by atoms with Crippen molar-refractivity contribution >= 4 is 5.78 Å². The van der Waals surface area contributed by atoms with Crippen LogP contribution in [0.4, 0.5) is 13.2 Å². The molecule has 7 heteroatoms. The van der Waals surface area contributed by atoms with Gasteiger partial charge in [-0.25, -0.2) is 0 Å². The van der Waals surface area contributed by atoms with Gasteiger partial charge in [-0.15, -0.1) is 0 Å². The summed E-state index contributed by atoms with van der Waals surface area (Å²) >= 11 is 0. The highest BCUT2D eigenvalue weighted by atomic mass is 19.4. The number of carbonyl (C=O) groups excluding carboxylic acids is 1. The first kappa shape index (κ1) is 12.3. The second-order valence-corrected chi connectivity index (χ2v) is 3.65. The van der Waals surface area contributed by atoms with E-state index in [-0.39, 0.29) is 17.2 Å². The number of hydrogen-bond donors (Lipinski definition) is 1. The molecular formula is C11H8F3N3O. The van der Waals surface area contributed by atoms with Crippen molar-refractivity contribution in [2.75, 3.05) is 0 Å². The van der Waals surface area contributed by atoms with Crippen molar-refractivity contribution in [1.29, 1.82) is 0 Å². The quantitative estimate of drug-likeness (QED) is 0.839. The van der Waals surface area contributed by atoms with Gasteiger partial charge in [0.15, 0.2) is 11.5 Å². The maximum atomic E-state index is 12.4. The molecule has 1 heterocycles. The Balaban J connectivity index is 2.41. The fraction of sp³-hybridized carbons (Fsp3) is 0.182. The molecule has 4 nitrogen and oxygen atoms in total. The Kier molecular flexibility index (Phi) is 2.90. The number of aromatic amines is 1. The minimum Gasteiger partial charge on any atom is -0.293 e. The molecule has 0 saturated carbocycles. The number of rotatable bonds is 2. The number of ketones is 1. The lowest BCUT2D eigenvalue weighted by atomic mass is 10.1. The lowest BCUT2D eigenvalue weighted by Gasteiger charge is -2.06. The lowest BCUT2D eigenvalue weighted by molar-refractivity contribution is -0.137. The molecule has 0 fully saturated rings.